The standard InChI is InChI=1S/C10H17NO6S2/c1-17-4-8(10(13)14)11-9(12)5-18-7-2-3-19(15,16)6-7/h7-8H,2-6H2,1H3,(H,11,12)(H,13,14). The average molecular weight is 311 g/mol. The predicted molar refractivity (Wildman–Crippen MR) is 71.0 cm³/mol. The zero-order valence-electron chi connectivity index (χ0n) is 10.5. The maximum absolute atomic E-state index is 11.6. The number of carbonyl (C=O) groups excluding carboxylic acids is 1. The van der Waals surface area contributed by atoms with Gasteiger partial charge in [0.25, 0.3) is 0 Å². The predicted octanol–water partition coefficient (Wildman–Crippen LogP) is -0.877. The third kappa shape index (κ3) is 5.79. The Kier molecular flexibility index (Phi) is 6.08. The molecule has 0 aromatic rings. The van der Waals surface area contributed by atoms with Crippen molar-refractivity contribution in [1.82, 2.24) is 5.32 Å². The largest absolute Gasteiger partial charge is 0.480 e. The van der Waals surface area contributed by atoms with Crippen LogP contribution in [0.5, 0.6) is 0 Å². The van der Waals surface area contributed by atoms with Crippen LogP contribution < -0.4 is 5.32 Å². The molecular formula is C10H17NO6S2. The van der Waals surface area contributed by atoms with Gasteiger partial charge in [0.2, 0.25) is 5.91 Å². The minimum Gasteiger partial charge on any atom is -0.480 e. The number of aliphatic carboxylic acids is 1. The Morgan fingerprint density at radius 3 is 2.68 bits per heavy atom. The van der Waals surface area contributed by atoms with Crippen molar-refractivity contribution < 1.29 is 27.9 Å². The number of hydrogen-bond donors (Lipinski definition) is 2. The number of carbonyl (C=O) groups is 2. The second-order valence-electron chi connectivity index (χ2n) is 4.25. The first kappa shape index (κ1) is 16.3. The number of sulfone groups is 1. The maximum Gasteiger partial charge on any atom is 0.328 e. The number of carboxylic acid groups (broad SMARTS) is 1. The number of thioether (sulfide) groups is 1. The van der Waals surface area contributed by atoms with Crippen LogP contribution in [0.1, 0.15) is 6.42 Å². The van der Waals surface area contributed by atoms with Gasteiger partial charge in [0, 0.05) is 12.4 Å². The first-order chi connectivity index (χ1) is 8.84. The van der Waals surface area contributed by atoms with Gasteiger partial charge in [0.15, 0.2) is 15.9 Å². The average Bonchev–Trinajstić information content (AvgIpc) is 2.66. The quantitative estimate of drug-likeness (QED) is 0.628. The van der Waals surface area contributed by atoms with Crippen molar-refractivity contribution >= 4 is 33.5 Å². The van der Waals surface area contributed by atoms with E-state index in [9.17, 15) is 18.0 Å². The number of rotatable bonds is 7. The molecule has 110 valence electrons. The minimum absolute atomic E-state index is 0.0493. The van der Waals surface area contributed by atoms with E-state index in [2.05, 4.69) is 10.1 Å². The molecule has 0 saturated carbocycles. The highest BCUT2D eigenvalue weighted by atomic mass is 32.2. The van der Waals surface area contributed by atoms with Gasteiger partial charge in [0.05, 0.1) is 23.9 Å². The molecule has 0 aliphatic carbocycles. The second-order valence-corrected chi connectivity index (χ2v) is 7.77. The van der Waals surface area contributed by atoms with E-state index < -0.39 is 27.8 Å². The van der Waals surface area contributed by atoms with E-state index in [1.165, 1.54) is 18.9 Å². The van der Waals surface area contributed by atoms with E-state index >= 15 is 0 Å². The Balaban J connectivity index is 2.33. The van der Waals surface area contributed by atoms with Gasteiger partial charge in [-0.25, -0.2) is 13.2 Å². The molecular weight excluding hydrogens is 294 g/mol. The van der Waals surface area contributed by atoms with Crippen LogP contribution in [-0.4, -0.2) is 67.7 Å². The first-order valence-electron chi connectivity index (χ1n) is 5.67. The molecule has 1 fully saturated rings. The van der Waals surface area contributed by atoms with Crippen LogP contribution in [0.25, 0.3) is 0 Å². The molecule has 1 saturated heterocycles. The third-order valence-corrected chi connectivity index (χ3v) is 5.89. The summed E-state index contributed by atoms with van der Waals surface area (Å²) in [4.78, 5) is 22.3. The van der Waals surface area contributed by atoms with Gasteiger partial charge in [0.1, 0.15) is 0 Å². The van der Waals surface area contributed by atoms with Crippen LogP contribution in [-0.2, 0) is 24.2 Å². The Morgan fingerprint density at radius 1 is 1.53 bits per heavy atom. The molecule has 2 atom stereocenters. The number of amides is 1. The SMILES string of the molecule is COCC(NC(=O)CSC1CCS(=O)(=O)C1)C(=O)O. The maximum atomic E-state index is 11.6. The molecule has 0 spiro atoms. The lowest BCUT2D eigenvalue weighted by atomic mass is 10.3. The number of carboxylic acids is 1. The summed E-state index contributed by atoms with van der Waals surface area (Å²) in [6, 6.07) is -1.08. The first-order valence-corrected chi connectivity index (χ1v) is 8.54. The molecule has 1 heterocycles. The van der Waals surface area contributed by atoms with E-state index in [0.717, 1.165) is 0 Å². The van der Waals surface area contributed by atoms with E-state index in [-0.39, 0.29) is 29.1 Å². The summed E-state index contributed by atoms with van der Waals surface area (Å²) >= 11 is 1.24. The summed E-state index contributed by atoms with van der Waals surface area (Å²) in [5, 5.41) is 11.1. The number of nitrogens with one attached hydrogen (secondary N) is 1. The fourth-order valence-corrected chi connectivity index (χ4v) is 5.12. The highest BCUT2D eigenvalue weighted by molar-refractivity contribution is 8.02. The van der Waals surface area contributed by atoms with E-state index in [0.29, 0.717) is 6.42 Å². The van der Waals surface area contributed by atoms with Gasteiger partial charge >= 0.3 is 5.97 Å². The summed E-state index contributed by atoms with van der Waals surface area (Å²) in [6.07, 6.45) is 0.542. The van der Waals surface area contributed by atoms with Crippen molar-refractivity contribution in [3.8, 4) is 0 Å². The lowest BCUT2D eigenvalue weighted by Gasteiger charge is -2.14. The summed E-state index contributed by atoms with van der Waals surface area (Å²) in [6.45, 7) is -0.108. The molecule has 19 heavy (non-hydrogen) atoms. The Labute approximate surface area is 116 Å². The Hall–Kier alpha value is -0.800. The van der Waals surface area contributed by atoms with E-state index in [1.54, 1.807) is 0 Å². The van der Waals surface area contributed by atoms with Crippen LogP contribution in [0.3, 0.4) is 0 Å². The van der Waals surface area contributed by atoms with Crippen LogP contribution in [0.2, 0.25) is 0 Å². The number of hydrogen-bond acceptors (Lipinski definition) is 6. The van der Waals surface area contributed by atoms with E-state index in [1.807, 2.05) is 0 Å². The topological polar surface area (TPSA) is 110 Å². The summed E-state index contributed by atoms with van der Waals surface area (Å²) in [5.74, 6) is -1.30. The lowest BCUT2D eigenvalue weighted by molar-refractivity contribution is -0.142. The highest BCUT2D eigenvalue weighted by Gasteiger charge is 2.29. The van der Waals surface area contributed by atoms with Crippen molar-refractivity contribution in [1.29, 1.82) is 0 Å². The zero-order chi connectivity index (χ0) is 14.5. The normalized spacial score (nSPS) is 22.9. The van der Waals surface area contributed by atoms with Gasteiger partial charge in [-0.15, -0.1) is 11.8 Å². The molecule has 0 aromatic carbocycles. The van der Waals surface area contributed by atoms with Gasteiger partial charge in [-0.2, -0.15) is 0 Å². The highest BCUT2D eigenvalue weighted by Crippen LogP contribution is 2.23. The van der Waals surface area contributed by atoms with Crippen molar-refractivity contribution in [2.24, 2.45) is 0 Å². The molecule has 1 rings (SSSR count). The van der Waals surface area contributed by atoms with Crippen molar-refractivity contribution in [3.63, 3.8) is 0 Å². The number of methoxy groups -OCH3 is 1. The van der Waals surface area contributed by atoms with Gasteiger partial charge in [-0.3, -0.25) is 4.79 Å². The third-order valence-electron chi connectivity index (χ3n) is 2.61. The molecule has 2 unspecified atom stereocenters. The molecule has 1 aliphatic heterocycles. The molecule has 0 radical (unpaired) electrons. The summed E-state index contributed by atoms with van der Waals surface area (Å²) in [5.41, 5.74) is 0. The molecule has 0 bridgehead atoms. The van der Waals surface area contributed by atoms with Crippen LogP contribution >= 0.6 is 11.8 Å². The van der Waals surface area contributed by atoms with Crippen molar-refractivity contribution in [3.05, 3.63) is 0 Å². The van der Waals surface area contributed by atoms with Crippen LogP contribution in [0.4, 0.5) is 0 Å². The summed E-state index contributed by atoms with van der Waals surface area (Å²) in [7, 11) is -1.61. The van der Waals surface area contributed by atoms with Crippen molar-refractivity contribution in [2.45, 2.75) is 17.7 Å². The Morgan fingerprint density at radius 2 is 2.21 bits per heavy atom. The van der Waals surface area contributed by atoms with Crippen LogP contribution in [0, 0.1) is 0 Å². The van der Waals surface area contributed by atoms with Crippen molar-refractivity contribution in [2.75, 3.05) is 31.0 Å². The molecule has 1 amide bonds. The lowest BCUT2D eigenvalue weighted by Crippen LogP contribution is -2.44. The summed E-state index contributed by atoms with van der Waals surface area (Å²) < 4.78 is 27.1. The number of ether oxygens (including phenoxy) is 1. The molecule has 9 heteroatoms. The fourth-order valence-electron chi connectivity index (χ4n) is 1.66. The van der Waals surface area contributed by atoms with E-state index in [4.69, 9.17) is 5.11 Å². The molecule has 2 N–H and O–H groups in total. The van der Waals surface area contributed by atoms with Crippen LogP contribution in [0.15, 0.2) is 0 Å². The Bertz CT molecular complexity index is 435. The zero-order valence-corrected chi connectivity index (χ0v) is 12.1. The van der Waals surface area contributed by atoms with Gasteiger partial charge in [-0.1, -0.05) is 0 Å². The minimum atomic E-state index is -2.96. The molecule has 0 aromatic heterocycles. The monoisotopic (exact) mass is 311 g/mol. The molecule has 1 aliphatic rings. The smallest absolute Gasteiger partial charge is 0.328 e. The van der Waals surface area contributed by atoms with Gasteiger partial charge in [-0.05, 0) is 6.42 Å². The fraction of sp³-hybridized carbons (Fsp3) is 0.800. The second kappa shape index (κ2) is 7.11. The van der Waals surface area contributed by atoms with Gasteiger partial charge < -0.3 is 15.2 Å². The molecule has 7 nitrogen and oxygen atoms in total.